The third kappa shape index (κ3) is 4.47. The van der Waals surface area contributed by atoms with Crippen molar-refractivity contribution in [1.29, 1.82) is 0 Å². The molecule has 130 valence electrons. The van der Waals surface area contributed by atoms with Crippen LogP contribution in [-0.2, 0) is 16.8 Å². The Morgan fingerprint density at radius 3 is 2.48 bits per heavy atom. The molecule has 0 bridgehead atoms. The number of hydrogen-bond donors (Lipinski definition) is 0. The Bertz CT molecular complexity index is 641. The molecule has 1 aliphatic rings. The minimum Gasteiger partial charge on any atom is -0.496 e. The molecule has 0 N–H and O–H groups in total. The molecule has 1 fully saturated rings. The molecule has 0 aliphatic carbocycles. The lowest BCUT2D eigenvalue weighted by Crippen LogP contribution is -2.48. The molecule has 1 heterocycles. The summed E-state index contributed by atoms with van der Waals surface area (Å²) in [4.78, 5) is 0. The Balaban J connectivity index is 2.19. The third-order valence-electron chi connectivity index (χ3n) is 4.19. The summed E-state index contributed by atoms with van der Waals surface area (Å²) in [7, 11) is -0.251. The maximum Gasteiger partial charge on any atom is 0.282 e. The van der Waals surface area contributed by atoms with Crippen LogP contribution in [0.25, 0.3) is 0 Å². The lowest BCUT2D eigenvalue weighted by atomic mass is 9.94. The average molecular weight is 405 g/mol. The van der Waals surface area contributed by atoms with Gasteiger partial charge < -0.3 is 4.74 Å². The van der Waals surface area contributed by atoms with Crippen LogP contribution in [0.3, 0.4) is 0 Å². The van der Waals surface area contributed by atoms with Crippen molar-refractivity contribution in [3.05, 3.63) is 28.2 Å². The van der Waals surface area contributed by atoms with E-state index in [4.69, 9.17) is 4.74 Å². The van der Waals surface area contributed by atoms with Gasteiger partial charge in [0.05, 0.1) is 7.11 Å². The van der Waals surface area contributed by atoms with Crippen molar-refractivity contribution in [2.45, 2.75) is 26.8 Å². The zero-order chi connectivity index (χ0) is 17.2. The second-order valence-corrected chi connectivity index (χ2v) is 9.43. The number of rotatable bonds is 5. The topological polar surface area (TPSA) is 49.9 Å². The van der Waals surface area contributed by atoms with Crippen molar-refractivity contribution in [3.63, 3.8) is 0 Å². The van der Waals surface area contributed by atoms with Gasteiger partial charge in [0.15, 0.2) is 0 Å². The molecule has 2 unspecified atom stereocenters. The molecule has 1 saturated heterocycles. The Morgan fingerprint density at radius 2 is 1.91 bits per heavy atom. The monoisotopic (exact) mass is 404 g/mol. The average Bonchev–Trinajstić information content (AvgIpc) is 2.46. The first-order valence-electron chi connectivity index (χ1n) is 7.78. The van der Waals surface area contributed by atoms with Crippen molar-refractivity contribution in [1.82, 2.24) is 8.61 Å². The molecular weight excluding hydrogens is 380 g/mol. The molecule has 7 heteroatoms. The largest absolute Gasteiger partial charge is 0.496 e. The van der Waals surface area contributed by atoms with E-state index in [0.717, 1.165) is 16.5 Å². The van der Waals surface area contributed by atoms with Gasteiger partial charge in [-0.05, 0) is 36.5 Å². The predicted octanol–water partition coefficient (Wildman–Crippen LogP) is 3.11. The van der Waals surface area contributed by atoms with Gasteiger partial charge in [-0.2, -0.15) is 17.0 Å². The highest BCUT2D eigenvalue weighted by Gasteiger charge is 2.33. The van der Waals surface area contributed by atoms with E-state index in [1.165, 1.54) is 4.31 Å². The molecule has 0 amide bonds. The van der Waals surface area contributed by atoms with E-state index in [2.05, 4.69) is 29.8 Å². The summed E-state index contributed by atoms with van der Waals surface area (Å²) in [5, 5.41) is 0. The fourth-order valence-corrected chi connectivity index (χ4v) is 5.17. The lowest BCUT2D eigenvalue weighted by Gasteiger charge is -2.36. The molecule has 1 aromatic carbocycles. The van der Waals surface area contributed by atoms with Gasteiger partial charge in [-0.15, -0.1) is 0 Å². The van der Waals surface area contributed by atoms with Gasteiger partial charge in [0, 0.05) is 36.7 Å². The van der Waals surface area contributed by atoms with Crippen LogP contribution in [0.4, 0.5) is 0 Å². The maximum atomic E-state index is 12.9. The Hall–Kier alpha value is -0.630. The molecule has 2 atom stereocenters. The fraction of sp³-hybridized carbons (Fsp3) is 0.625. The van der Waals surface area contributed by atoms with Gasteiger partial charge in [0.1, 0.15) is 5.75 Å². The quantitative estimate of drug-likeness (QED) is 0.757. The zero-order valence-electron chi connectivity index (χ0n) is 14.1. The number of nitrogens with zero attached hydrogens (tertiary/aromatic N) is 2. The maximum absolute atomic E-state index is 12.9. The molecule has 0 spiro atoms. The summed E-state index contributed by atoms with van der Waals surface area (Å²) < 4.78 is 35.0. The highest BCUT2D eigenvalue weighted by atomic mass is 79.9. The van der Waals surface area contributed by atoms with Gasteiger partial charge in [-0.1, -0.05) is 29.8 Å². The second kappa shape index (κ2) is 7.51. The van der Waals surface area contributed by atoms with Crippen LogP contribution in [-0.4, -0.2) is 44.3 Å². The molecule has 5 nitrogen and oxygen atoms in total. The van der Waals surface area contributed by atoms with E-state index in [1.54, 1.807) is 18.5 Å². The van der Waals surface area contributed by atoms with Crippen LogP contribution >= 0.6 is 15.9 Å². The van der Waals surface area contributed by atoms with Crippen LogP contribution in [0.5, 0.6) is 5.75 Å². The van der Waals surface area contributed by atoms with Gasteiger partial charge in [0.25, 0.3) is 10.2 Å². The van der Waals surface area contributed by atoms with Gasteiger partial charge in [0.2, 0.25) is 0 Å². The van der Waals surface area contributed by atoms with E-state index >= 15 is 0 Å². The molecule has 1 aromatic rings. The van der Waals surface area contributed by atoms with Crippen LogP contribution in [0, 0.1) is 11.8 Å². The zero-order valence-corrected chi connectivity index (χ0v) is 16.5. The summed E-state index contributed by atoms with van der Waals surface area (Å²) in [6, 6.07) is 5.61. The van der Waals surface area contributed by atoms with Gasteiger partial charge in [-0.3, -0.25) is 0 Å². The second-order valence-electron chi connectivity index (χ2n) is 6.48. The minimum atomic E-state index is -3.47. The molecular formula is C16H25BrN2O3S. The SMILES string of the molecule is COc1ccc(Br)cc1CN(C)S(=O)(=O)N1CC(C)CC(C)C1. The van der Waals surface area contributed by atoms with E-state index in [9.17, 15) is 8.42 Å². The first-order chi connectivity index (χ1) is 10.7. The highest BCUT2D eigenvalue weighted by Crippen LogP contribution is 2.27. The van der Waals surface area contributed by atoms with Crippen LogP contribution in [0.2, 0.25) is 0 Å². The van der Waals surface area contributed by atoms with Gasteiger partial charge >= 0.3 is 0 Å². The Morgan fingerprint density at radius 1 is 1.30 bits per heavy atom. The van der Waals surface area contributed by atoms with Crippen molar-refractivity contribution >= 4 is 26.1 Å². The summed E-state index contributed by atoms with van der Waals surface area (Å²) in [5.74, 6) is 1.47. The molecule has 23 heavy (non-hydrogen) atoms. The van der Waals surface area contributed by atoms with Gasteiger partial charge in [-0.25, -0.2) is 0 Å². The fourth-order valence-electron chi connectivity index (χ4n) is 3.18. The van der Waals surface area contributed by atoms with E-state index < -0.39 is 10.2 Å². The van der Waals surface area contributed by atoms with Crippen molar-refractivity contribution < 1.29 is 13.2 Å². The predicted molar refractivity (Wildman–Crippen MR) is 95.6 cm³/mol. The van der Waals surface area contributed by atoms with E-state index in [-0.39, 0.29) is 6.54 Å². The minimum absolute atomic E-state index is 0.282. The number of methoxy groups -OCH3 is 1. The third-order valence-corrected chi connectivity index (χ3v) is 6.55. The number of piperidine rings is 1. The van der Waals surface area contributed by atoms with Crippen molar-refractivity contribution in [3.8, 4) is 5.75 Å². The summed E-state index contributed by atoms with van der Waals surface area (Å²) >= 11 is 3.42. The Labute approximate surface area is 147 Å². The number of ether oxygens (including phenoxy) is 1. The Kier molecular flexibility index (Phi) is 6.10. The van der Waals surface area contributed by atoms with Crippen molar-refractivity contribution in [2.24, 2.45) is 11.8 Å². The molecule has 1 aliphatic heterocycles. The standard InChI is InChI=1S/C16H25BrN2O3S/c1-12-7-13(2)10-19(9-12)23(20,21)18(3)11-14-8-15(17)5-6-16(14)22-4/h5-6,8,12-13H,7,9-11H2,1-4H3. The number of halogens is 1. The first kappa shape index (κ1) is 18.7. The molecule has 0 radical (unpaired) electrons. The highest BCUT2D eigenvalue weighted by molar-refractivity contribution is 9.10. The number of benzene rings is 1. The smallest absolute Gasteiger partial charge is 0.282 e. The molecule has 2 rings (SSSR count). The van der Waals surface area contributed by atoms with Crippen LogP contribution in [0.1, 0.15) is 25.8 Å². The first-order valence-corrected chi connectivity index (χ1v) is 9.96. The lowest BCUT2D eigenvalue weighted by molar-refractivity contribution is 0.211. The van der Waals surface area contributed by atoms with E-state index in [0.29, 0.717) is 30.7 Å². The summed E-state index contributed by atoms with van der Waals surface area (Å²) in [5.41, 5.74) is 0.839. The van der Waals surface area contributed by atoms with Crippen LogP contribution in [0.15, 0.2) is 22.7 Å². The summed E-state index contributed by atoms with van der Waals surface area (Å²) in [6.07, 6.45) is 1.08. The summed E-state index contributed by atoms with van der Waals surface area (Å²) in [6.45, 7) is 5.68. The molecule has 0 saturated carbocycles. The molecule has 0 aromatic heterocycles. The van der Waals surface area contributed by atoms with Crippen LogP contribution < -0.4 is 4.74 Å². The van der Waals surface area contributed by atoms with E-state index in [1.807, 2.05) is 18.2 Å². The number of hydrogen-bond acceptors (Lipinski definition) is 3. The van der Waals surface area contributed by atoms with Crippen molar-refractivity contribution in [2.75, 3.05) is 27.2 Å². The normalized spacial score (nSPS) is 23.2.